The third-order valence-corrected chi connectivity index (χ3v) is 4.26. The van der Waals surface area contributed by atoms with Gasteiger partial charge < -0.3 is 12.4 Å². The Morgan fingerprint density at radius 1 is 0.840 bits per heavy atom. The maximum Gasteiger partial charge on any atom is 0.305 e. The molecule has 0 fully saturated rings. The highest BCUT2D eigenvalue weighted by atomic mass is 35.5. The highest BCUT2D eigenvalue weighted by Gasteiger charge is 2.16. The van der Waals surface area contributed by atoms with Gasteiger partial charge in [0.2, 0.25) is 11.7 Å². The summed E-state index contributed by atoms with van der Waals surface area (Å²) < 4.78 is 1.77. The van der Waals surface area contributed by atoms with Crippen molar-refractivity contribution in [2.45, 2.75) is 0 Å². The Kier molecular flexibility index (Phi) is 4.88. The van der Waals surface area contributed by atoms with Crippen LogP contribution in [-0.2, 0) is 0 Å². The molecule has 5 heteroatoms. The number of para-hydroxylation sites is 1. The Bertz CT molecular complexity index is 1060. The average Bonchev–Trinajstić information content (AvgIpc) is 2.62. The van der Waals surface area contributed by atoms with Gasteiger partial charge in [0.15, 0.2) is 0 Å². The number of pyridine rings is 1. The predicted molar refractivity (Wildman–Crippen MR) is 96.8 cm³/mol. The molecule has 0 saturated carbocycles. The van der Waals surface area contributed by atoms with Crippen LogP contribution in [0.1, 0.15) is 10.4 Å². The Hall–Kier alpha value is -2.62. The number of aromatic nitrogens is 1. The lowest BCUT2D eigenvalue weighted by molar-refractivity contribution is -0.612. The number of carbonyl (C=O) groups excluding carboxylic acids is 1. The Labute approximate surface area is 156 Å². The molecule has 4 rings (SSSR count). The average molecular weight is 369 g/mol. The van der Waals surface area contributed by atoms with E-state index in [2.05, 4.69) is 17.6 Å². The summed E-state index contributed by atoms with van der Waals surface area (Å²) >= 11 is 5.88. The molecule has 0 bridgehead atoms. The van der Waals surface area contributed by atoms with Crippen molar-refractivity contribution < 1.29 is 21.9 Å². The number of halogens is 2. The molecule has 0 saturated heterocycles. The first-order valence-electron chi connectivity index (χ1n) is 7.61. The fourth-order valence-electron chi connectivity index (χ4n) is 2.84. The first kappa shape index (κ1) is 17.2. The lowest BCUT2D eigenvalue weighted by Gasteiger charge is -2.06. The Morgan fingerprint density at radius 3 is 2.24 bits per heavy atom. The van der Waals surface area contributed by atoms with Crippen molar-refractivity contribution in [3.05, 3.63) is 89.6 Å². The van der Waals surface area contributed by atoms with Gasteiger partial charge in [0.25, 0.3) is 0 Å². The number of rotatable bonds is 2. The second-order valence-corrected chi connectivity index (χ2v) is 5.99. The number of hydrogen-bond donors (Lipinski definition) is 1. The van der Waals surface area contributed by atoms with Crippen LogP contribution in [0.2, 0.25) is 5.02 Å². The lowest BCUT2D eigenvalue weighted by Crippen LogP contribution is -3.00. The van der Waals surface area contributed by atoms with Crippen LogP contribution in [0.5, 0.6) is 0 Å². The highest BCUT2D eigenvalue weighted by Crippen LogP contribution is 2.21. The number of carbonyl (C=O) groups is 1. The fourth-order valence-corrected chi connectivity index (χ4v) is 2.97. The third-order valence-electron chi connectivity index (χ3n) is 4.01. The van der Waals surface area contributed by atoms with Crippen LogP contribution >= 0.6 is 11.6 Å². The number of fused-ring (bicyclic) bond motifs is 3. The van der Waals surface area contributed by atoms with E-state index in [4.69, 9.17) is 11.6 Å². The molecule has 0 aliphatic rings. The van der Waals surface area contributed by atoms with Gasteiger partial charge in [0.1, 0.15) is 0 Å². The molecule has 0 aliphatic carbocycles. The summed E-state index contributed by atoms with van der Waals surface area (Å²) in [6.45, 7) is 0. The quantitative estimate of drug-likeness (QED) is 0.420. The molecular formula is C20H14Cl2N2O. The van der Waals surface area contributed by atoms with Crippen molar-refractivity contribution in [3.63, 3.8) is 0 Å². The van der Waals surface area contributed by atoms with Crippen LogP contribution in [-0.4, -0.2) is 5.91 Å². The largest absolute Gasteiger partial charge is 1.00 e. The summed E-state index contributed by atoms with van der Waals surface area (Å²) in [5.41, 5.74) is 4.45. The van der Waals surface area contributed by atoms with Crippen molar-refractivity contribution in [2.75, 3.05) is 5.43 Å². The van der Waals surface area contributed by atoms with Crippen molar-refractivity contribution in [1.82, 2.24) is 0 Å². The van der Waals surface area contributed by atoms with Crippen LogP contribution < -0.4 is 22.5 Å². The van der Waals surface area contributed by atoms with Crippen LogP contribution in [0.4, 0.5) is 0 Å². The number of benzene rings is 3. The zero-order valence-electron chi connectivity index (χ0n) is 13.1. The summed E-state index contributed by atoms with van der Waals surface area (Å²) in [7, 11) is 0. The summed E-state index contributed by atoms with van der Waals surface area (Å²) in [6, 6.07) is 23.0. The van der Waals surface area contributed by atoms with Gasteiger partial charge in [-0.15, -0.1) is 5.43 Å². The smallest absolute Gasteiger partial charge is 0.305 e. The number of amides is 1. The summed E-state index contributed by atoms with van der Waals surface area (Å²) in [4.78, 5) is 12.5. The standard InChI is InChI=1S/C20H13ClN2O.ClH/c21-16-11-9-14(10-12-16)20(24)22-23-13-15-5-1-2-6-17(15)18-7-3-4-8-19(18)23;/h1-13H;1H. The van der Waals surface area contributed by atoms with Crippen LogP contribution in [0.25, 0.3) is 21.7 Å². The minimum atomic E-state index is -0.183. The fraction of sp³-hybridized carbons (Fsp3) is 0. The molecule has 1 amide bonds. The van der Waals surface area contributed by atoms with Crippen LogP contribution in [0.15, 0.2) is 79.0 Å². The second-order valence-electron chi connectivity index (χ2n) is 5.55. The number of nitrogens with zero attached hydrogens (tertiary/aromatic N) is 1. The van der Waals surface area contributed by atoms with E-state index in [0.717, 1.165) is 21.7 Å². The molecule has 124 valence electrons. The molecule has 1 aromatic heterocycles. The maximum atomic E-state index is 12.5. The van der Waals surface area contributed by atoms with Crippen molar-refractivity contribution in [2.24, 2.45) is 0 Å². The molecule has 0 spiro atoms. The summed E-state index contributed by atoms with van der Waals surface area (Å²) in [5, 5.41) is 3.92. The normalized spacial score (nSPS) is 10.4. The zero-order chi connectivity index (χ0) is 16.5. The molecule has 1 heterocycles. The van der Waals surface area contributed by atoms with Gasteiger partial charge in [-0.05, 0) is 36.4 Å². The molecule has 4 aromatic rings. The molecule has 3 nitrogen and oxygen atoms in total. The molecule has 3 aromatic carbocycles. The molecule has 0 radical (unpaired) electrons. The molecule has 1 N–H and O–H groups in total. The second kappa shape index (κ2) is 7.09. The van der Waals surface area contributed by atoms with Gasteiger partial charge in [-0.1, -0.05) is 46.6 Å². The maximum absolute atomic E-state index is 12.5. The van der Waals surface area contributed by atoms with E-state index < -0.39 is 0 Å². The number of nitrogens with one attached hydrogen (secondary N) is 1. The monoisotopic (exact) mass is 368 g/mol. The van der Waals surface area contributed by atoms with Gasteiger partial charge in [-0.2, -0.15) is 0 Å². The van der Waals surface area contributed by atoms with E-state index in [1.807, 2.05) is 42.6 Å². The van der Waals surface area contributed by atoms with Crippen molar-refractivity contribution in [3.8, 4) is 0 Å². The molecule has 0 unspecified atom stereocenters. The predicted octanol–water partition coefficient (Wildman–Crippen LogP) is 1.32. The topological polar surface area (TPSA) is 33.0 Å². The molecule has 0 aliphatic heterocycles. The highest BCUT2D eigenvalue weighted by molar-refractivity contribution is 6.30. The van der Waals surface area contributed by atoms with Crippen molar-refractivity contribution >= 4 is 39.2 Å². The first-order chi connectivity index (χ1) is 11.7. The van der Waals surface area contributed by atoms with Gasteiger partial charge in [-0.3, -0.25) is 4.79 Å². The van der Waals surface area contributed by atoms with E-state index in [1.54, 1.807) is 28.9 Å². The third kappa shape index (κ3) is 3.29. The van der Waals surface area contributed by atoms with E-state index in [9.17, 15) is 4.79 Å². The van der Waals surface area contributed by atoms with Crippen LogP contribution in [0, 0.1) is 0 Å². The van der Waals surface area contributed by atoms with Gasteiger partial charge in [0, 0.05) is 27.4 Å². The minimum Gasteiger partial charge on any atom is -1.00 e. The number of hydrogen-bond acceptors (Lipinski definition) is 1. The van der Waals surface area contributed by atoms with Crippen molar-refractivity contribution in [1.29, 1.82) is 0 Å². The lowest BCUT2D eigenvalue weighted by atomic mass is 10.1. The summed E-state index contributed by atoms with van der Waals surface area (Å²) in [5.74, 6) is -0.183. The van der Waals surface area contributed by atoms with Gasteiger partial charge >= 0.3 is 5.91 Å². The van der Waals surface area contributed by atoms with E-state index in [1.165, 1.54) is 0 Å². The Morgan fingerprint density at radius 2 is 1.48 bits per heavy atom. The van der Waals surface area contributed by atoms with Gasteiger partial charge in [-0.25, -0.2) is 0 Å². The van der Waals surface area contributed by atoms with E-state index in [0.29, 0.717) is 10.6 Å². The van der Waals surface area contributed by atoms with Crippen LogP contribution in [0.3, 0.4) is 0 Å². The SMILES string of the molecule is O=C(N[n+]1cc2ccccc2c2ccccc21)c1ccc(Cl)cc1.[Cl-]. The van der Waals surface area contributed by atoms with E-state index >= 15 is 0 Å². The molecular weight excluding hydrogens is 355 g/mol. The summed E-state index contributed by atoms with van der Waals surface area (Å²) in [6.07, 6.45) is 1.94. The molecule has 25 heavy (non-hydrogen) atoms. The molecule has 0 atom stereocenters. The minimum absolute atomic E-state index is 0. The first-order valence-corrected chi connectivity index (χ1v) is 7.99. The van der Waals surface area contributed by atoms with Gasteiger partial charge in [0.05, 0.1) is 5.39 Å². The van der Waals surface area contributed by atoms with E-state index in [-0.39, 0.29) is 18.3 Å². The Balaban J connectivity index is 0.00000182. The zero-order valence-corrected chi connectivity index (χ0v) is 14.6.